The topological polar surface area (TPSA) is 46.3 Å². The Morgan fingerprint density at radius 3 is 2.24 bits per heavy atom. The van der Waals surface area contributed by atoms with Gasteiger partial charge in [0.1, 0.15) is 5.92 Å². The number of thiocarbonyl (C=S) groups is 1. The average molecular weight is 250 g/mol. The van der Waals surface area contributed by atoms with E-state index in [1.54, 1.807) is 4.90 Å². The van der Waals surface area contributed by atoms with Crippen molar-refractivity contribution in [3.8, 4) is 0 Å². The van der Waals surface area contributed by atoms with Gasteiger partial charge < -0.3 is 10.6 Å². The summed E-state index contributed by atoms with van der Waals surface area (Å²) in [6.45, 7) is 5.23. The Morgan fingerprint density at radius 1 is 1.29 bits per heavy atom. The van der Waals surface area contributed by atoms with E-state index in [-0.39, 0.29) is 10.9 Å². The summed E-state index contributed by atoms with van der Waals surface area (Å²) < 4.78 is 0. The molecule has 17 heavy (non-hydrogen) atoms. The normalized spacial score (nSPS) is 11.9. The molecule has 0 radical (unpaired) electrons. The molecule has 0 aliphatic carbocycles. The van der Waals surface area contributed by atoms with Gasteiger partial charge in [0.05, 0.1) is 4.99 Å². The molecule has 0 saturated heterocycles. The van der Waals surface area contributed by atoms with Crippen LogP contribution in [-0.4, -0.2) is 28.9 Å². The van der Waals surface area contributed by atoms with Gasteiger partial charge in [-0.1, -0.05) is 42.5 Å². The molecule has 0 bridgehead atoms. The number of benzene rings is 1. The molecular weight excluding hydrogens is 232 g/mol. The highest BCUT2D eigenvalue weighted by atomic mass is 32.1. The number of nitrogens with two attached hydrogens (primary N) is 1. The Kier molecular flexibility index (Phi) is 5.10. The second-order valence-electron chi connectivity index (χ2n) is 3.76. The van der Waals surface area contributed by atoms with Gasteiger partial charge in [0, 0.05) is 13.1 Å². The first-order valence-corrected chi connectivity index (χ1v) is 6.15. The number of rotatable bonds is 5. The number of amides is 1. The minimum Gasteiger partial charge on any atom is -0.392 e. The fraction of sp³-hybridized carbons (Fsp3) is 0.385. The third-order valence-electron chi connectivity index (χ3n) is 2.74. The second-order valence-corrected chi connectivity index (χ2v) is 4.23. The number of carbonyl (C=O) groups excluding carboxylic acids is 1. The van der Waals surface area contributed by atoms with Crippen molar-refractivity contribution >= 4 is 23.1 Å². The van der Waals surface area contributed by atoms with Crippen molar-refractivity contribution in [3.63, 3.8) is 0 Å². The highest BCUT2D eigenvalue weighted by Crippen LogP contribution is 2.18. The molecule has 1 amide bonds. The van der Waals surface area contributed by atoms with E-state index in [1.165, 1.54) is 0 Å². The maximum Gasteiger partial charge on any atom is 0.236 e. The Hall–Kier alpha value is -1.42. The van der Waals surface area contributed by atoms with Crippen LogP contribution >= 0.6 is 12.2 Å². The molecule has 0 aromatic heterocycles. The van der Waals surface area contributed by atoms with Crippen LogP contribution in [0, 0.1) is 0 Å². The van der Waals surface area contributed by atoms with Crippen molar-refractivity contribution in [2.24, 2.45) is 5.73 Å². The lowest BCUT2D eigenvalue weighted by molar-refractivity contribution is -0.130. The van der Waals surface area contributed by atoms with Gasteiger partial charge in [-0.25, -0.2) is 0 Å². The van der Waals surface area contributed by atoms with Crippen LogP contribution in [0.2, 0.25) is 0 Å². The SMILES string of the molecule is CCN(CC)C(=O)C(C(N)=S)c1ccccc1. The summed E-state index contributed by atoms with van der Waals surface area (Å²) in [4.78, 5) is 14.3. The molecule has 1 aromatic carbocycles. The van der Waals surface area contributed by atoms with Crippen molar-refractivity contribution in [1.29, 1.82) is 0 Å². The number of likely N-dealkylation sites (N-methyl/N-ethyl adjacent to an activating group) is 1. The largest absolute Gasteiger partial charge is 0.392 e. The molecule has 0 aliphatic rings. The zero-order valence-corrected chi connectivity index (χ0v) is 11.0. The van der Waals surface area contributed by atoms with Crippen LogP contribution in [0.15, 0.2) is 30.3 Å². The number of nitrogens with zero attached hydrogens (tertiary/aromatic N) is 1. The highest BCUT2D eigenvalue weighted by Gasteiger charge is 2.26. The van der Waals surface area contributed by atoms with Crippen LogP contribution in [0.25, 0.3) is 0 Å². The summed E-state index contributed by atoms with van der Waals surface area (Å²) >= 11 is 5.02. The van der Waals surface area contributed by atoms with E-state index >= 15 is 0 Å². The standard InChI is InChI=1S/C13H18N2OS/c1-3-15(4-2)13(16)11(12(14)17)10-8-6-5-7-9-10/h5-9,11H,3-4H2,1-2H3,(H2,14,17). The minimum absolute atomic E-state index is 0.0197. The lowest BCUT2D eigenvalue weighted by Crippen LogP contribution is -2.39. The van der Waals surface area contributed by atoms with Gasteiger partial charge in [-0.2, -0.15) is 0 Å². The monoisotopic (exact) mass is 250 g/mol. The molecule has 0 aliphatic heterocycles. The van der Waals surface area contributed by atoms with E-state index in [2.05, 4.69) is 0 Å². The van der Waals surface area contributed by atoms with Gasteiger partial charge in [0.15, 0.2) is 0 Å². The quantitative estimate of drug-likeness (QED) is 0.812. The Labute approximate surface area is 108 Å². The molecule has 0 fully saturated rings. The lowest BCUT2D eigenvalue weighted by atomic mass is 9.97. The van der Waals surface area contributed by atoms with Gasteiger partial charge in [-0.3, -0.25) is 4.79 Å². The van der Waals surface area contributed by atoms with Crippen LogP contribution in [0.1, 0.15) is 25.3 Å². The van der Waals surface area contributed by atoms with Gasteiger partial charge in [-0.05, 0) is 19.4 Å². The molecule has 92 valence electrons. The van der Waals surface area contributed by atoms with Gasteiger partial charge in [0.25, 0.3) is 0 Å². The maximum atomic E-state index is 12.3. The van der Waals surface area contributed by atoms with Gasteiger partial charge in [-0.15, -0.1) is 0 Å². The van der Waals surface area contributed by atoms with E-state index in [4.69, 9.17) is 18.0 Å². The zero-order valence-electron chi connectivity index (χ0n) is 10.2. The molecule has 2 N–H and O–H groups in total. The third-order valence-corrected chi connectivity index (χ3v) is 2.98. The molecular formula is C13H18N2OS. The Balaban J connectivity index is 3.02. The predicted octanol–water partition coefficient (Wildman–Crippen LogP) is 1.92. The smallest absolute Gasteiger partial charge is 0.236 e. The fourth-order valence-electron chi connectivity index (χ4n) is 1.79. The van der Waals surface area contributed by atoms with Crippen molar-refractivity contribution in [2.45, 2.75) is 19.8 Å². The molecule has 4 heteroatoms. The molecule has 1 atom stereocenters. The summed E-state index contributed by atoms with van der Waals surface area (Å²) in [5.74, 6) is -0.528. The van der Waals surface area contributed by atoms with Crippen molar-refractivity contribution < 1.29 is 4.79 Å². The molecule has 3 nitrogen and oxygen atoms in total. The predicted molar refractivity (Wildman–Crippen MR) is 73.9 cm³/mol. The van der Waals surface area contributed by atoms with E-state index in [0.717, 1.165) is 5.56 Å². The first-order valence-electron chi connectivity index (χ1n) is 5.74. The maximum absolute atomic E-state index is 12.3. The fourth-order valence-corrected chi connectivity index (χ4v) is 2.03. The highest BCUT2D eigenvalue weighted by molar-refractivity contribution is 7.80. The van der Waals surface area contributed by atoms with Gasteiger partial charge in [0.2, 0.25) is 5.91 Å². The first-order chi connectivity index (χ1) is 8.11. The third kappa shape index (κ3) is 3.27. The van der Waals surface area contributed by atoms with Crippen LogP contribution in [0.4, 0.5) is 0 Å². The Morgan fingerprint density at radius 2 is 1.82 bits per heavy atom. The Bertz CT molecular complexity index is 388. The number of hydrogen-bond donors (Lipinski definition) is 1. The summed E-state index contributed by atoms with van der Waals surface area (Å²) in [5, 5.41) is 0. The van der Waals surface area contributed by atoms with Gasteiger partial charge >= 0.3 is 0 Å². The summed E-state index contributed by atoms with van der Waals surface area (Å²) in [7, 11) is 0. The lowest BCUT2D eigenvalue weighted by Gasteiger charge is -2.24. The van der Waals surface area contributed by atoms with E-state index in [9.17, 15) is 4.79 Å². The number of hydrogen-bond acceptors (Lipinski definition) is 2. The molecule has 1 unspecified atom stereocenters. The molecule has 0 heterocycles. The average Bonchev–Trinajstić information content (AvgIpc) is 2.31. The van der Waals surface area contributed by atoms with E-state index in [1.807, 2.05) is 44.2 Å². The molecule has 0 saturated carbocycles. The summed E-state index contributed by atoms with van der Waals surface area (Å²) in [6.07, 6.45) is 0. The summed E-state index contributed by atoms with van der Waals surface area (Å²) in [6, 6.07) is 9.44. The summed E-state index contributed by atoms with van der Waals surface area (Å²) in [5.41, 5.74) is 6.56. The first kappa shape index (κ1) is 13.6. The molecule has 1 aromatic rings. The minimum atomic E-state index is -0.508. The zero-order chi connectivity index (χ0) is 12.8. The van der Waals surface area contributed by atoms with Crippen molar-refractivity contribution in [2.75, 3.05) is 13.1 Å². The van der Waals surface area contributed by atoms with Crippen LogP contribution < -0.4 is 5.73 Å². The van der Waals surface area contributed by atoms with E-state index in [0.29, 0.717) is 13.1 Å². The molecule has 1 rings (SSSR count). The van der Waals surface area contributed by atoms with Crippen molar-refractivity contribution in [3.05, 3.63) is 35.9 Å². The van der Waals surface area contributed by atoms with E-state index < -0.39 is 5.92 Å². The number of carbonyl (C=O) groups is 1. The molecule has 0 spiro atoms. The van der Waals surface area contributed by atoms with Crippen LogP contribution in [0.5, 0.6) is 0 Å². The second kappa shape index (κ2) is 6.35. The van der Waals surface area contributed by atoms with Crippen molar-refractivity contribution in [1.82, 2.24) is 4.90 Å². The van der Waals surface area contributed by atoms with Crippen LogP contribution in [-0.2, 0) is 4.79 Å². The van der Waals surface area contributed by atoms with Crippen LogP contribution in [0.3, 0.4) is 0 Å².